The molecule has 0 saturated carbocycles. The molecule has 5 heteroatoms. The Balaban J connectivity index is 1.52. The standard InChI is InChI=1S/C18H26N4O/c1-13-15(16-7-3-4-8-17(16)22-13)9-10-20-18(19-2)21-12-14-6-5-11-23-14/h3-4,7-8,14,22H,5-6,9-12H2,1-2H3,(H2,19,20,21). The monoisotopic (exact) mass is 314 g/mol. The number of benzene rings is 1. The lowest BCUT2D eigenvalue weighted by Crippen LogP contribution is -2.41. The molecule has 3 rings (SSSR count). The van der Waals surface area contributed by atoms with Gasteiger partial charge in [-0.2, -0.15) is 0 Å². The van der Waals surface area contributed by atoms with E-state index in [1.54, 1.807) is 0 Å². The van der Waals surface area contributed by atoms with Crippen LogP contribution in [0.5, 0.6) is 0 Å². The highest BCUT2D eigenvalue weighted by Gasteiger charge is 2.15. The molecule has 0 amide bonds. The van der Waals surface area contributed by atoms with Crippen molar-refractivity contribution in [2.75, 3.05) is 26.7 Å². The fourth-order valence-corrected chi connectivity index (χ4v) is 3.20. The second kappa shape index (κ2) is 7.51. The van der Waals surface area contributed by atoms with Gasteiger partial charge in [0.1, 0.15) is 0 Å². The number of ether oxygens (including phenoxy) is 1. The topological polar surface area (TPSA) is 61.4 Å². The first-order valence-electron chi connectivity index (χ1n) is 8.40. The van der Waals surface area contributed by atoms with Crippen molar-refractivity contribution in [2.24, 2.45) is 4.99 Å². The summed E-state index contributed by atoms with van der Waals surface area (Å²) in [6.07, 6.45) is 3.59. The van der Waals surface area contributed by atoms with Crippen LogP contribution in [-0.4, -0.2) is 43.8 Å². The molecule has 5 nitrogen and oxygen atoms in total. The normalized spacial score (nSPS) is 18.5. The van der Waals surface area contributed by atoms with Gasteiger partial charge in [-0.1, -0.05) is 18.2 Å². The van der Waals surface area contributed by atoms with Gasteiger partial charge in [-0.15, -0.1) is 0 Å². The zero-order valence-electron chi connectivity index (χ0n) is 14.0. The van der Waals surface area contributed by atoms with Crippen molar-refractivity contribution in [3.8, 4) is 0 Å². The summed E-state index contributed by atoms with van der Waals surface area (Å²) >= 11 is 0. The Kier molecular flexibility index (Phi) is 5.18. The van der Waals surface area contributed by atoms with Crippen LogP contribution in [0.3, 0.4) is 0 Å². The first kappa shape index (κ1) is 15.9. The van der Waals surface area contributed by atoms with E-state index in [1.807, 2.05) is 7.05 Å². The van der Waals surface area contributed by atoms with Crippen molar-refractivity contribution >= 4 is 16.9 Å². The van der Waals surface area contributed by atoms with Gasteiger partial charge in [-0.25, -0.2) is 0 Å². The van der Waals surface area contributed by atoms with E-state index in [1.165, 1.54) is 22.2 Å². The molecule has 1 saturated heterocycles. The van der Waals surface area contributed by atoms with Gasteiger partial charge >= 0.3 is 0 Å². The highest BCUT2D eigenvalue weighted by Crippen LogP contribution is 2.21. The number of aromatic amines is 1. The fraction of sp³-hybridized carbons (Fsp3) is 0.500. The van der Waals surface area contributed by atoms with Gasteiger partial charge in [0.25, 0.3) is 0 Å². The van der Waals surface area contributed by atoms with Crippen LogP contribution in [0.15, 0.2) is 29.3 Å². The highest BCUT2D eigenvalue weighted by atomic mass is 16.5. The summed E-state index contributed by atoms with van der Waals surface area (Å²) in [7, 11) is 1.81. The van der Waals surface area contributed by atoms with Gasteiger partial charge in [0.05, 0.1) is 6.10 Å². The van der Waals surface area contributed by atoms with E-state index in [2.05, 4.69) is 51.8 Å². The lowest BCUT2D eigenvalue weighted by molar-refractivity contribution is 0.114. The van der Waals surface area contributed by atoms with Crippen LogP contribution in [0.2, 0.25) is 0 Å². The number of aromatic nitrogens is 1. The van der Waals surface area contributed by atoms with Gasteiger partial charge in [-0.05, 0) is 37.8 Å². The molecule has 1 unspecified atom stereocenters. The number of rotatable bonds is 5. The second-order valence-corrected chi connectivity index (χ2v) is 6.04. The maximum absolute atomic E-state index is 5.63. The fourth-order valence-electron chi connectivity index (χ4n) is 3.20. The van der Waals surface area contributed by atoms with E-state index in [4.69, 9.17) is 4.74 Å². The van der Waals surface area contributed by atoms with E-state index >= 15 is 0 Å². The number of hydrogen-bond donors (Lipinski definition) is 3. The number of aryl methyl sites for hydroxylation is 1. The third-order valence-corrected chi connectivity index (χ3v) is 4.44. The molecule has 124 valence electrons. The summed E-state index contributed by atoms with van der Waals surface area (Å²) < 4.78 is 5.63. The van der Waals surface area contributed by atoms with E-state index in [-0.39, 0.29) is 0 Å². The summed E-state index contributed by atoms with van der Waals surface area (Å²) in [5.41, 5.74) is 3.83. The summed E-state index contributed by atoms with van der Waals surface area (Å²) in [4.78, 5) is 7.73. The second-order valence-electron chi connectivity index (χ2n) is 6.04. The lowest BCUT2D eigenvalue weighted by atomic mass is 10.1. The zero-order chi connectivity index (χ0) is 16.1. The minimum Gasteiger partial charge on any atom is -0.376 e. The third kappa shape index (κ3) is 3.85. The molecular formula is C18H26N4O. The summed E-state index contributed by atoms with van der Waals surface area (Å²) in [6, 6.07) is 8.46. The van der Waals surface area contributed by atoms with Gasteiger partial charge in [0, 0.05) is 43.3 Å². The van der Waals surface area contributed by atoms with Crippen LogP contribution < -0.4 is 10.6 Å². The SMILES string of the molecule is CN=C(NCCc1c(C)[nH]c2ccccc12)NCC1CCCO1. The molecule has 1 aliphatic rings. The highest BCUT2D eigenvalue weighted by molar-refractivity contribution is 5.84. The lowest BCUT2D eigenvalue weighted by Gasteiger charge is -2.15. The molecule has 1 fully saturated rings. The first-order chi connectivity index (χ1) is 11.3. The Morgan fingerprint density at radius 3 is 3.00 bits per heavy atom. The maximum Gasteiger partial charge on any atom is 0.191 e. The van der Waals surface area contributed by atoms with Crippen molar-refractivity contribution in [3.05, 3.63) is 35.5 Å². The molecule has 1 aromatic carbocycles. The number of nitrogens with one attached hydrogen (secondary N) is 3. The van der Waals surface area contributed by atoms with E-state index < -0.39 is 0 Å². The molecule has 2 aromatic rings. The zero-order valence-corrected chi connectivity index (χ0v) is 14.0. The number of para-hydroxylation sites is 1. The molecule has 1 aliphatic heterocycles. The molecule has 1 atom stereocenters. The Labute approximate surface area is 137 Å². The minimum absolute atomic E-state index is 0.324. The van der Waals surface area contributed by atoms with Gasteiger partial charge in [0.2, 0.25) is 0 Å². The van der Waals surface area contributed by atoms with Crippen molar-refractivity contribution < 1.29 is 4.74 Å². The smallest absolute Gasteiger partial charge is 0.191 e. The Hall–Kier alpha value is -2.01. The van der Waals surface area contributed by atoms with E-state index in [9.17, 15) is 0 Å². The summed E-state index contributed by atoms with van der Waals surface area (Å²) in [5.74, 6) is 0.845. The molecular weight excluding hydrogens is 288 g/mol. The first-order valence-corrected chi connectivity index (χ1v) is 8.40. The molecule has 0 bridgehead atoms. The van der Waals surface area contributed by atoms with Crippen LogP contribution in [0, 0.1) is 6.92 Å². The Morgan fingerprint density at radius 2 is 2.22 bits per heavy atom. The number of fused-ring (bicyclic) bond motifs is 1. The van der Waals surface area contributed by atoms with Crippen molar-refractivity contribution in [1.29, 1.82) is 0 Å². The van der Waals surface area contributed by atoms with Gasteiger partial charge in [0.15, 0.2) is 5.96 Å². The molecule has 0 radical (unpaired) electrons. The molecule has 3 N–H and O–H groups in total. The number of guanidine groups is 1. The van der Waals surface area contributed by atoms with Crippen LogP contribution in [0.25, 0.3) is 10.9 Å². The quantitative estimate of drug-likeness (QED) is 0.586. The number of aliphatic imine (C=N–C) groups is 1. The molecule has 2 heterocycles. The third-order valence-electron chi connectivity index (χ3n) is 4.44. The van der Waals surface area contributed by atoms with Crippen molar-refractivity contribution in [3.63, 3.8) is 0 Å². The van der Waals surface area contributed by atoms with Gasteiger partial charge < -0.3 is 20.4 Å². The van der Waals surface area contributed by atoms with Crippen LogP contribution >= 0.6 is 0 Å². The minimum atomic E-state index is 0.324. The molecule has 23 heavy (non-hydrogen) atoms. The largest absolute Gasteiger partial charge is 0.376 e. The molecule has 1 aromatic heterocycles. The molecule has 0 aliphatic carbocycles. The predicted molar refractivity (Wildman–Crippen MR) is 95.1 cm³/mol. The van der Waals surface area contributed by atoms with Crippen LogP contribution in [0.1, 0.15) is 24.1 Å². The van der Waals surface area contributed by atoms with E-state index in [0.717, 1.165) is 44.9 Å². The number of H-pyrrole nitrogens is 1. The predicted octanol–water partition coefficient (Wildman–Crippen LogP) is 2.36. The maximum atomic E-state index is 5.63. The Bertz CT molecular complexity index is 671. The number of nitrogens with zero attached hydrogens (tertiary/aromatic N) is 1. The average Bonchev–Trinajstić information content (AvgIpc) is 3.18. The summed E-state index contributed by atoms with van der Waals surface area (Å²) in [6.45, 7) is 4.71. The van der Waals surface area contributed by atoms with Crippen molar-refractivity contribution in [1.82, 2.24) is 15.6 Å². The van der Waals surface area contributed by atoms with Crippen LogP contribution in [-0.2, 0) is 11.2 Å². The Morgan fingerprint density at radius 1 is 1.35 bits per heavy atom. The number of hydrogen-bond acceptors (Lipinski definition) is 2. The van der Waals surface area contributed by atoms with Gasteiger partial charge in [-0.3, -0.25) is 4.99 Å². The van der Waals surface area contributed by atoms with Crippen molar-refractivity contribution in [2.45, 2.75) is 32.3 Å². The van der Waals surface area contributed by atoms with E-state index in [0.29, 0.717) is 6.10 Å². The molecule has 0 spiro atoms. The van der Waals surface area contributed by atoms with Crippen LogP contribution in [0.4, 0.5) is 0 Å². The summed E-state index contributed by atoms with van der Waals surface area (Å²) in [5, 5.41) is 8.06. The average molecular weight is 314 g/mol.